The van der Waals surface area contributed by atoms with E-state index in [-0.39, 0.29) is 5.65 Å². The third-order valence-corrected chi connectivity index (χ3v) is 2.56. The van der Waals surface area contributed by atoms with Crippen LogP contribution in [-0.2, 0) is 0 Å². The molecule has 0 aliphatic rings. The maximum atomic E-state index is 12.0. The first-order chi connectivity index (χ1) is 8.27. The van der Waals surface area contributed by atoms with Gasteiger partial charge in [-0.2, -0.15) is 14.3 Å². The van der Waals surface area contributed by atoms with E-state index in [0.29, 0.717) is 10.7 Å². The lowest BCUT2D eigenvalue weighted by molar-refractivity contribution is 0.650. The number of benzene rings is 1. The van der Waals surface area contributed by atoms with Crippen molar-refractivity contribution in [2.45, 2.75) is 0 Å². The Morgan fingerprint density at radius 1 is 1.18 bits per heavy atom. The van der Waals surface area contributed by atoms with Gasteiger partial charge >= 0.3 is 5.69 Å². The molecule has 0 spiro atoms. The molecule has 0 saturated heterocycles. The lowest BCUT2D eigenvalue weighted by Gasteiger charge is -2.02. The number of fused-ring (bicyclic) bond motifs is 1. The topological polar surface area (TPSA) is 65.1 Å². The summed E-state index contributed by atoms with van der Waals surface area (Å²) in [4.78, 5) is 12.0. The predicted molar refractivity (Wildman–Crippen MR) is 61.4 cm³/mol. The zero-order valence-corrected chi connectivity index (χ0v) is 9.24. The van der Waals surface area contributed by atoms with E-state index in [0.717, 1.165) is 9.20 Å². The largest absolute Gasteiger partial charge is 0.373 e. The maximum absolute atomic E-state index is 12.0. The van der Waals surface area contributed by atoms with Crippen molar-refractivity contribution in [1.82, 2.24) is 24.6 Å². The molecule has 6 nitrogen and oxygen atoms in total. The van der Waals surface area contributed by atoms with Crippen molar-refractivity contribution in [3.05, 3.63) is 52.0 Å². The molecular formula is C10H6ClN5O. The highest BCUT2D eigenvalue weighted by Crippen LogP contribution is 2.11. The summed E-state index contributed by atoms with van der Waals surface area (Å²) in [5.74, 6) is 0. The fourth-order valence-corrected chi connectivity index (χ4v) is 1.66. The summed E-state index contributed by atoms with van der Waals surface area (Å²) in [6.45, 7) is 0. The Morgan fingerprint density at radius 2 is 1.94 bits per heavy atom. The van der Waals surface area contributed by atoms with Crippen molar-refractivity contribution < 1.29 is 0 Å². The first-order valence-electron chi connectivity index (χ1n) is 4.82. The van der Waals surface area contributed by atoms with Crippen molar-refractivity contribution in [3.63, 3.8) is 0 Å². The van der Waals surface area contributed by atoms with Crippen LogP contribution in [0.5, 0.6) is 0 Å². The van der Waals surface area contributed by atoms with Crippen LogP contribution in [-0.4, -0.2) is 24.6 Å². The molecule has 0 atom stereocenters. The van der Waals surface area contributed by atoms with Crippen molar-refractivity contribution in [3.8, 4) is 5.69 Å². The van der Waals surface area contributed by atoms with Crippen molar-refractivity contribution in [2.24, 2.45) is 0 Å². The zero-order chi connectivity index (χ0) is 11.8. The minimum atomic E-state index is -0.409. The van der Waals surface area contributed by atoms with Gasteiger partial charge in [-0.1, -0.05) is 35.0 Å². The number of aromatic nitrogens is 5. The molecule has 3 rings (SSSR count). The number of nitrogens with zero attached hydrogens (tertiary/aromatic N) is 5. The third kappa shape index (κ3) is 1.50. The first-order valence-corrected chi connectivity index (χ1v) is 5.20. The van der Waals surface area contributed by atoms with Gasteiger partial charge in [0.2, 0.25) is 5.65 Å². The standard InChI is InChI=1S/C10H6ClN5O/c11-8-6-12-16-9(8)13-14-15(10(16)17)7-4-2-1-3-5-7/h1-6H. The Balaban J connectivity index is 2.33. The van der Waals surface area contributed by atoms with Gasteiger partial charge in [0.25, 0.3) is 0 Å². The Hall–Kier alpha value is -2.21. The molecule has 2 heterocycles. The fraction of sp³-hybridized carbons (Fsp3) is 0. The Kier molecular flexibility index (Phi) is 2.15. The van der Waals surface area contributed by atoms with Crippen LogP contribution in [0.4, 0.5) is 0 Å². The molecule has 2 aromatic heterocycles. The lowest BCUT2D eigenvalue weighted by atomic mass is 10.3. The second kappa shape index (κ2) is 3.67. The quantitative estimate of drug-likeness (QED) is 0.642. The minimum absolute atomic E-state index is 0.254. The number of hydrogen-bond acceptors (Lipinski definition) is 4. The van der Waals surface area contributed by atoms with E-state index in [2.05, 4.69) is 15.4 Å². The lowest BCUT2D eigenvalue weighted by Crippen LogP contribution is -2.29. The van der Waals surface area contributed by atoms with Crippen LogP contribution in [0.15, 0.2) is 41.3 Å². The summed E-state index contributed by atoms with van der Waals surface area (Å²) in [6.07, 6.45) is 1.36. The number of rotatable bonds is 1. The van der Waals surface area contributed by atoms with Gasteiger partial charge in [-0.3, -0.25) is 0 Å². The van der Waals surface area contributed by atoms with Gasteiger partial charge in [0.1, 0.15) is 5.02 Å². The van der Waals surface area contributed by atoms with Crippen molar-refractivity contribution >= 4 is 17.2 Å². The highest BCUT2D eigenvalue weighted by atomic mass is 35.5. The molecule has 3 aromatic rings. The van der Waals surface area contributed by atoms with Gasteiger partial charge in [-0.25, -0.2) is 4.79 Å². The van der Waals surface area contributed by atoms with Crippen LogP contribution in [0.2, 0.25) is 5.02 Å². The molecule has 0 N–H and O–H groups in total. The SMILES string of the molecule is O=c1n(-c2ccccc2)nnc2c(Cl)cnn12. The van der Waals surface area contributed by atoms with E-state index >= 15 is 0 Å². The summed E-state index contributed by atoms with van der Waals surface area (Å²) in [5, 5.41) is 11.8. The summed E-state index contributed by atoms with van der Waals surface area (Å²) in [7, 11) is 0. The first kappa shape index (κ1) is 9.98. The Labute approximate surface area is 100 Å². The second-order valence-corrected chi connectivity index (χ2v) is 3.75. The van der Waals surface area contributed by atoms with Crippen LogP contribution in [0.1, 0.15) is 0 Å². The summed E-state index contributed by atoms with van der Waals surface area (Å²) < 4.78 is 2.28. The van der Waals surface area contributed by atoms with E-state index in [4.69, 9.17) is 11.6 Å². The van der Waals surface area contributed by atoms with Crippen LogP contribution in [0.3, 0.4) is 0 Å². The molecule has 1 aromatic carbocycles. The monoisotopic (exact) mass is 247 g/mol. The van der Waals surface area contributed by atoms with Crippen LogP contribution < -0.4 is 5.69 Å². The molecule has 0 unspecified atom stereocenters. The van der Waals surface area contributed by atoms with E-state index in [1.165, 1.54) is 6.20 Å². The molecule has 0 aliphatic carbocycles. The van der Waals surface area contributed by atoms with Gasteiger partial charge < -0.3 is 0 Å². The van der Waals surface area contributed by atoms with Gasteiger partial charge in [-0.05, 0) is 12.1 Å². The van der Waals surface area contributed by atoms with Gasteiger partial charge in [0.05, 0.1) is 11.9 Å². The Morgan fingerprint density at radius 3 is 2.71 bits per heavy atom. The van der Waals surface area contributed by atoms with Crippen molar-refractivity contribution in [2.75, 3.05) is 0 Å². The zero-order valence-electron chi connectivity index (χ0n) is 8.49. The molecule has 0 amide bonds. The molecular weight excluding hydrogens is 242 g/mol. The molecule has 0 bridgehead atoms. The minimum Gasteiger partial charge on any atom is -0.243 e. The molecule has 0 saturated carbocycles. The number of halogens is 1. The average molecular weight is 248 g/mol. The van der Waals surface area contributed by atoms with Gasteiger partial charge in [0, 0.05) is 0 Å². The van der Waals surface area contributed by atoms with Crippen LogP contribution in [0, 0.1) is 0 Å². The second-order valence-electron chi connectivity index (χ2n) is 3.35. The van der Waals surface area contributed by atoms with Crippen molar-refractivity contribution in [1.29, 1.82) is 0 Å². The van der Waals surface area contributed by atoms with E-state index < -0.39 is 5.69 Å². The highest BCUT2D eigenvalue weighted by Gasteiger charge is 2.10. The molecule has 0 aliphatic heterocycles. The number of hydrogen-bond donors (Lipinski definition) is 0. The Bertz CT molecular complexity index is 733. The summed E-state index contributed by atoms with van der Waals surface area (Å²) >= 11 is 5.81. The predicted octanol–water partition coefficient (Wildman–Crippen LogP) is 0.929. The molecule has 0 radical (unpaired) electrons. The number of para-hydroxylation sites is 1. The van der Waals surface area contributed by atoms with Gasteiger partial charge in [0.15, 0.2) is 0 Å². The molecule has 84 valence electrons. The van der Waals surface area contributed by atoms with Crippen LogP contribution in [0.25, 0.3) is 11.3 Å². The summed E-state index contributed by atoms with van der Waals surface area (Å²) in [5.41, 5.74) is 0.468. The van der Waals surface area contributed by atoms with Crippen LogP contribution >= 0.6 is 11.6 Å². The van der Waals surface area contributed by atoms with Gasteiger partial charge in [-0.15, -0.1) is 5.10 Å². The van der Waals surface area contributed by atoms with E-state index in [1.807, 2.05) is 18.2 Å². The molecule has 7 heteroatoms. The fourth-order valence-electron chi connectivity index (χ4n) is 1.50. The smallest absolute Gasteiger partial charge is 0.243 e. The highest BCUT2D eigenvalue weighted by molar-refractivity contribution is 6.33. The maximum Gasteiger partial charge on any atom is 0.373 e. The average Bonchev–Trinajstić information content (AvgIpc) is 2.74. The molecule has 0 fully saturated rings. The molecule has 17 heavy (non-hydrogen) atoms. The van der Waals surface area contributed by atoms with E-state index in [9.17, 15) is 4.79 Å². The third-order valence-electron chi connectivity index (χ3n) is 2.29. The van der Waals surface area contributed by atoms with E-state index in [1.54, 1.807) is 12.1 Å². The normalized spacial score (nSPS) is 10.9. The summed E-state index contributed by atoms with van der Waals surface area (Å²) in [6, 6.07) is 8.98.